The molecule has 0 aliphatic carbocycles. The highest BCUT2D eigenvalue weighted by Crippen LogP contribution is 2.34. The van der Waals surface area contributed by atoms with Gasteiger partial charge in [-0.25, -0.2) is 8.42 Å². The van der Waals surface area contributed by atoms with E-state index in [0.717, 1.165) is 28.0 Å². The van der Waals surface area contributed by atoms with Crippen LogP contribution in [0.1, 0.15) is 35.3 Å². The summed E-state index contributed by atoms with van der Waals surface area (Å²) >= 11 is 13.8. The average Bonchev–Trinajstić information content (AvgIpc) is 3.01. The molecule has 8 heteroatoms. The van der Waals surface area contributed by atoms with Crippen molar-refractivity contribution < 1.29 is 13.2 Å². The number of thioether (sulfide) groups is 1. The molecule has 0 spiro atoms. The SMILES string of the molecule is CC(C)CSc1ccc(S(C)(=O)=O)cc1C(=O)N1Cc2cc(Cl)c(Cl)cc2C1. The van der Waals surface area contributed by atoms with Gasteiger partial charge in [0.25, 0.3) is 5.91 Å². The van der Waals surface area contributed by atoms with Crippen molar-refractivity contribution in [3.8, 4) is 0 Å². The van der Waals surface area contributed by atoms with E-state index in [2.05, 4.69) is 13.8 Å². The third-order valence-corrected chi connectivity index (χ3v) is 7.77. The first-order valence-corrected chi connectivity index (χ1v) is 12.4. The number of hydrogen-bond donors (Lipinski definition) is 0. The molecule has 0 unspecified atom stereocenters. The minimum absolute atomic E-state index is 0.146. The second-order valence-corrected chi connectivity index (χ2v) is 11.2. The number of hydrogen-bond acceptors (Lipinski definition) is 4. The number of rotatable bonds is 5. The molecule has 1 aliphatic rings. The zero-order chi connectivity index (χ0) is 20.6. The number of fused-ring (bicyclic) bond motifs is 1. The Hall–Kier alpha value is -1.21. The van der Waals surface area contributed by atoms with Gasteiger partial charge >= 0.3 is 0 Å². The van der Waals surface area contributed by atoms with Gasteiger partial charge in [-0.15, -0.1) is 11.8 Å². The standard InChI is InChI=1S/C20H21Cl2NO3S2/c1-12(2)11-27-19-5-4-15(28(3,25)26)8-16(19)20(24)23-9-13-6-17(21)18(22)7-14(13)10-23/h4-8,12H,9-11H2,1-3H3. The lowest BCUT2D eigenvalue weighted by atomic mass is 10.1. The molecule has 1 aliphatic heterocycles. The smallest absolute Gasteiger partial charge is 0.255 e. The van der Waals surface area contributed by atoms with E-state index in [1.165, 1.54) is 6.07 Å². The van der Waals surface area contributed by atoms with Crippen molar-refractivity contribution in [3.05, 3.63) is 57.1 Å². The number of carbonyl (C=O) groups is 1. The van der Waals surface area contributed by atoms with Gasteiger partial charge in [0.05, 0.1) is 20.5 Å². The number of benzene rings is 2. The molecule has 0 radical (unpaired) electrons. The average molecular weight is 458 g/mol. The van der Waals surface area contributed by atoms with E-state index < -0.39 is 9.84 Å². The van der Waals surface area contributed by atoms with E-state index in [1.54, 1.807) is 40.9 Å². The minimum Gasteiger partial charge on any atom is -0.330 e. The predicted octanol–water partition coefficient (Wildman–Crippen LogP) is 5.30. The number of amides is 1. The van der Waals surface area contributed by atoms with Crippen LogP contribution in [0.15, 0.2) is 40.1 Å². The van der Waals surface area contributed by atoms with Gasteiger partial charge in [-0.1, -0.05) is 37.0 Å². The molecule has 150 valence electrons. The van der Waals surface area contributed by atoms with Crippen LogP contribution in [0.3, 0.4) is 0 Å². The summed E-state index contributed by atoms with van der Waals surface area (Å²) in [5.41, 5.74) is 2.33. The molecule has 2 aromatic rings. The van der Waals surface area contributed by atoms with Crippen LogP contribution in [0.5, 0.6) is 0 Å². The molecule has 4 nitrogen and oxygen atoms in total. The Bertz CT molecular complexity index is 1000. The number of carbonyl (C=O) groups excluding carboxylic acids is 1. The van der Waals surface area contributed by atoms with Crippen LogP contribution >= 0.6 is 35.0 Å². The zero-order valence-corrected chi connectivity index (χ0v) is 19.0. The van der Waals surface area contributed by atoms with Gasteiger partial charge in [0, 0.05) is 30.0 Å². The van der Waals surface area contributed by atoms with Crippen LogP contribution in [-0.2, 0) is 22.9 Å². The van der Waals surface area contributed by atoms with Crippen LogP contribution in [0.25, 0.3) is 0 Å². The molecule has 3 rings (SSSR count). The molecule has 0 atom stereocenters. The van der Waals surface area contributed by atoms with Gasteiger partial charge in [-0.05, 0) is 47.4 Å². The van der Waals surface area contributed by atoms with Crippen LogP contribution in [0.2, 0.25) is 10.0 Å². The van der Waals surface area contributed by atoms with E-state index in [1.807, 2.05) is 0 Å². The van der Waals surface area contributed by atoms with Gasteiger partial charge in [0.15, 0.2) is 9.84 Å². The third kappa shape index (κ3) is 4.67. The number of halogens is 2. The largest absolute Gasteiger partial charge is 0.330 e. The van der Waals surface area contributed by atoms with Crippen LogP contribution in [-0.4, -0.2) is 31.2 Å². The van der Waals surface area contributed by atoms with E-state index in [-0.39, 0.29) is 10.8 Å². The first-order chi connectivity index (χ1) is 13.1. The Morgan fingerprint density at radius 3 is 2.18 bits per heavy atom. The Balaban J connectivity index is 1.95. The van der Waals surface area contributed by atoms with Gasteiger partial charge in [0.2, 0.25) is 0 Å². The second-order valence-electron chi connectivity index (χ2n) is 7.33. The minimum atomic E-state index is -3.41. The first-order valence-electron chi connectivity index (χ1n) is 8.79. The molecular formula is C20H21Cl2NO3S2. The molecule has 28 heavy (non-hydrogen) atoms. The molecule has 0 bridgehead atoms. The van der Waals surface area contributed by atoms with Crippen LogP contribution < -0.4 is 0 Å². The normalized spacial score (nSPS) is 13.9. The monoisotopic (exact) mass is 457 g/mol. The van der Waals surface area contributed by atoms with Gasteiger partial charge < -0.3 is 4.90 Å². The van der Waals surface area contributed by atoms with Crippen molar-refractivity contribution in [2.24, 2.45) is 5.92 Å². The lowest BCUT2D eigenvalue weighted by Gasteiger charge is -2.19. The Labute approximate surface area is 180 Å². The van der Waals surface area contributed by atoms with Crippen molar-refractivity contribution in [2.75, 3.05) is 12.0 Å². The van der Waals surface area contributed by atoms with Crippen molar-refractivity contribution in [1.82, 2.24) is 4.90 Å². The van der Waals surface area contributed by atoms with E-state index in [4.69, 9.17) is 23.2 Å². The molecule has 1 heterocycles. The highest BCUT2D eigenvalue weighted by atomic mass is 35.5. The molecular weight excluding hydrogens is 437 g/mol. The fraction of sp³-hybridized carbons (Fsp3) is 0.350. The molecule has 0 aromatic heterocycles. The Kier molecular flexibility index (Phi) is 6.35. The maximum Gasteiger partial charge on any atom is 0.255 e. The molecule has 0 saturated heterocycles. The summed E-state index contributed by atoms with van der Waals surface area (Å²) < 4.78 is 24.0. The molecule has 0 N–H and O–H groups in total. The summed E-state index contributed by atoms with van der Waals surface area (Å²) in [7, 11) is -3.41. The summed E-state index contributed by atoms with van der Waals surface area (Å²) in [4.78, 5) is 15.9. The van der Waals surface area contributed by atoms with Gasteiger partial charge in [0.1, 0.15) is 0 Å². The molecule has 0 fully saturated rings. The highest BCUT2D eigenvalue weighted by molar-refractivity contribution is 7.99. The summed E-state index contributed by atoms with van der Waals surface area (Å²) in [6.45, 7) is 5.04. The maximum atomic E-state index is 13.3. The van der Waals surface area contributed by atoms with E-state index >= 15 is 0 Å². The van der Waals surface area contributed by atoms with Crippen molar-refractivity contribution in [1.29, 1.82) is 0 Å². The van der Waals surface area contributed by atoms with E-state index in [9.17, 15) is 13.2 Å². The topological polar surface area (TPSA) is 54.5 Å². The van der Waals surface area contributed by atoms with E-state index in [0.29, 0.717) is 34.6 Å². The zero-order valence-electron chi connectivity index (χ0n) is 15.8. The third-order valence-electron chi connectivity index (χ3n) is 4.43. The molecule has 2 aromatic carbocycles. The highest BCUT2D eigenvalue weighted by Gasteiger charge is 2.27. The quantitative estimate of drug-likeness (QED) is 0.571. The number of nitrogens with zero attached hydrogens (tertiary/aromatic N) is 1. The number of sulfone groups is 1. The summed E-state index contributed by atoms with van der Waals surface area (Å²) in [6.07, 6.45) is 1.15. The van der Waals surface area contributed by atoms with Crippen molar-refractivity contribution in [3.63, 3.8) is 0 Å². The second kappa shape index (κ2) is 8.27. The lowest BCUT2D eigenvalue weighted by Crippen LogP contribution is -2.26. The predicted molar refractivity (Wildman–Crippen MR) is 115 cm³/mol. The maximum absolute atomic E-state index is 13.3. The van der Waals surface area contributed by atoms with Gasteiger partial charge in [-0.2, -0.15) is 0 Å². The Morgan fingerprint density at radius 1 is 1.11 bits per heavy atom. The van der Waals surface area contributed by atoms with Crippen molar-refractivity contribution >= 4 is 50.7 Å². The van der Waals surface area contributed by atoms with Crippen LogP contribution in [0, 0.1) is 5.92 Å². The molecule has 0 saturated carbocycles. The Morgan fingerprint density at radius 2 is 1.68 bits per heavy atom. The fourth-order valence-corrected chi connectivity index (χ4v) is 4.99. The lowest BCUT2D eigenvalue weighted by molar-refractivity contribution is 0.0747. The summed E-state index contributed by atoms with van der Waals surface area (Å²) in [5, 5.41) is 0.920. The van der Waals surface area contributed by atoms with Crippen LogP contribution in [0.4, 0.5) is 0 Å². The first kappa shape index (κ1) is 21.5. The summed E-state index contributed by atoms with van der Waals surface area (Å²) in [5.74, 6) is 1.09. The fourth-order valence-electron chi connectivity index (χ4n) is 2.99. The van der Waals surface area contributed by atoms with Crippen molar-refractivity contribution in [2.45, 2.75) is 36.7 Å². The summed E-state index contributed by atoms with van der Waals surface area (Å²) in [6, 6.07) is 8.35. The molecule has 1 amide bonds. The van der Waals surface area contributed by atoms with Gasteiger partial charge in [-0.3, -0.25) is 4.79 Å².